The Bertz CT molecular complexity index is 1140. The van der Waals surface area contributed by atoms with Crippen molar-refractivity contribution >= 4 is 16.7 Å². The number of fused-ring (bicyclic) bond motifs is 2. The van der Waals surface area contributed by atoms with E-state index in [9.17, 15) is 0 Å². The summed E-state index contributed by atoms with van der Waals surface area (Å²) in [6.45, 7) is 0.769. The predicted molar refractivity (Wildman–Crippen MR) is 107 cm³/mol. The van der Waals surface area contributed by atoms with Crippen molar-refractivity contribution in [3.05, 3.63) is 66.5 Å². The lowest BCUT2D eigenvalue weighted by Crippen LogP contribution is -1.99. The molecule has 27 heavy (non-hydrogen) atoms. The van der Waals surface area contributed by atoms with E-state index in [-0.39, 0.29) is 0 Å². The molecule has 0 saturated carbocycles. The second-order valence-corrected chi connectivity index (χ2v) is 6.54. The fourth-order valence-corrected chi connectivity index (χ4v) is 3.49. The van der Waals surface area contributed by atoms with Crippen molar-refractivity contribution in [3.63, 3.8) is 0 Å². The van der Waals surface area contributed by atoms with Gasteiger partial charge in [-0.2, -0.15) is 0 Å². The van der Waals surface area contributed by atoms with Crippen LogP contribution in [0.2, 0.25) is 0 Å². The molecule has 0 amide bonds. The lowest BCUT2D eigenvalue weighted by atomic mass is 10.0. The fraction of sp³-hybridized carbons (Fsp3) is 0.136. The van der Waals surface area contributed by atoms with E-state index in [4.69, 9.17) is 14.7 Å². The van der Waals surface area contributed by atoms with E-state index < -0.39 is 0 Å². The molecule has 0 spiro atoms. The second-order valence-electron chi connectivity index (χ2n) is 6.54. The first kappa shape index (κ1) is 15.8. The van der Waals surface area contributed by atoms with Crippen molar-refractivity contribution in [2.24, 2.45) is 0 Å². The van der Waals surface area contributed by atoms with Crippen molar-refractivity contribution in [1.82, 2.24) is 15.0 Å². The van der Waals surface area contributed by atoms with Gasteiger partial charge in [0.25, 0.3) is 0 Å². The van der Waals surface area contributed by atoms with Gasteiger partial charge in [-0.25, -0.2) is 9.97 Å². The Hall–Kier alpha value is -3.47. The van der Waals surface area contributed by atoms with Crippen LogP contribution in [0.3, 0.4) is 0 Å². The number of hydrogen-bond acceptors (Lipinski definition) is 5. The molecule has 1 aliphatic heterocycles. The molecule has 0 fully saturated rings. The van der Waals surface area contributed by atoms with Crippen LogP contribution in [-0.2, 0) is 6.42 Å². The molecule has 2 aromatic heterocycles. The van der Waals surface area contributed by atoms with Crippen LogP contribution in [0.4, 0.5) is 5.82 Å². The summed E-state index contributed by atoms with van der Waals surface area (Å²) >= 11 is 0. The average Bonchev–Trinajstić information content (AvgIpc) is 3.21. The summed E-state index contributed by atoms with van der Waals surface area (Å²) in [5, 5.41) is 4.21. The Morgan fingerprint density at radius 3 is 2.70 bits per heavy atom. The molecule has 0 radical (unpaired) electrons. The normalized spacial score (nSPS) is 12.6. The summed E-state index contributed by atoms with van der Waals surface area (Å²) in [6.07, 6.45) is 4.50. The van der Waals surface area contributed by atoms with Crippen LogP contribution in [-0.4, -0.2) is 28.6 Å². The zero-order valence-electron chi connectivity index (χ0n) is 14.9. The van der Waals surface area contributed by atoms with Crippen molar-refractivity contribution in [3.8, 4) is 28.3 Å². The van der Waals surface area contributed by atoms with Gasteiger partial charge in [-0.3, -0.25) is 4.98 Å². The fourth-order valence-electron chi connectivity index (χ4n) is 3.49. The van der Waals surface area contributed by atoms with Crippen LogP contribution < -0.4 is 10.1 Å². The number of aromatic nitrogens is 3. The molecule has 0 bridgehead atoms. The maximum Gasteiger partial charge on any atom is 0.163 e. The highest BCUT2D eigenvalue weighted by molar-refractivity contribution is 5.94. The number of ether oxygens (including phenoxy) is 1. The highest BCUT2D eigenvalue weighted by atomic mass is 16.5. The first-order valence-corrected chi connectivity index (χ1v) is 8.98. The van der Waals surface area contributed by atoms with Crippen molar-refractivity contribution in [1.29, 1.82) is 0 Å². The van der Waals surface area contributed by atoms with Gasteiger partial charge < -0.3 is 10.1 Å². The Morgan fingerprint density at radius 2 is 1.85 bits per heavy atom. The first-order valence-electron chi connectivity index (χ1n) is 8.98. The molecule has 2 aromatic carbocycles. The Labute approximate surface area is 157 Å². The van der Waals surface area contributed by atoms with E-state index in [1.165, 1.54) is 11.1 Å². The molecule has 0 aliphatic carbocycles. The van der Waals surface area contributed by atoms with Crippen LogP contribution in [0.5, 0.6) is 5.75 Å². The Morgan fingerprint density at radius 1 is 0.963 bits per heavy atom. The highest BCUT2D eigenvalue weighted by Crippen LogP contribution is 2.33. The quantitative estimate of drug-likeness (QED) is 0.593. The maximum absolute atomic E-state index is 5.62. The third kappa shape index (κ3) is 2.77. The number of rotatable bonds is 3. The van der Waals surface area contributed by atoms with Crippen LogP contribution in [0.1, 0.15) is 5.56 Å². The molecule has 4 aromatic rings. The number of pyridine rings is 1. The van der Waals surface area contributed by atoms with Gasteiger partial charge in [0.05, 0.1) is 12.1 Å². The molecule has 132 valence electrons. The molecule has 5 rings (SSSR count). The third-order valence-electron chi connectivity index (χ3n) is 4.88. The zero-order valence-corrected chi connectivity index (χ0v) is 14.9. The molecular weight excluding hydrogens is 336 g/mol. The lowest BCUT2D eigenvalue weighted by molar-refractivity contribution is 0.357. The minimum absolute atomic E-state index is 0.669. The molecule has 0 saturated heterocycles. The summed E-state index contributed by atoms with van der Waals surface area (Å²) in [6, 6.07) is 16.5. The molecule has 5 nitrogen and oxygen atoms in total. The number of hydrogen-bond donors (Lipinski definition) is 1. The molecule has 1 aliphatic rings. The summed E-state index contributed by atoms with van der Waals surface area (Å²) in [5.74, 6) is 2.48. The van der Waals surface area contributed by atoms with E-state index in [0.717, 1.165) is 46.6 Å². The molecule has 5 heteroatoms. The smallest absolute Gasteiger partial charge is 0.163 e. The molecule has 0 unspecified atom stereocenters. The number of anilines is 1. The molecule has 1 N–H and O–H groups in total. The minimum atomic E-state index is 0.669. The zero-order chi connectivity index (χ0) is 18.2. The van der Waals surface area contributed by atoms with Crippen molar-refractivity contribution in [2.45, 2.75) is 6.42 Å². The topological polar surface area (TPSA) is 59.9 Å². The molecular formula is C22H18N4O. The van der Waals surface area contributed by atoms with E-state index in [2.05, 4.69) is 46.7 Å². The largest absolute Gasteiger partial charge is 0.493 e. The standard InChI is InChI=1S/C22H18N4O/c1-23-22-18-12-15(14-5-7-20-16(11-14)8-10-27-20)4-6-19(18)25-21(26-22)17-3-2-9-24-13-17/h2-7,9,11-13H,8,10H2,1H3,(H,23,25,26). The maximum atomic E-state index is 5.62. The average molecular weight is 354 g/mol. The third-order valence-corrected chi connectivity index (χ3v) is 4.88. The predicted octanol–water partition coefficient (Wildman–Crippen LogP) is 4.34. The van der Waals surface area contributed by atoms with Gasteiger partial charge in [0, 0.05) is 36.8 Å². The van der Waals surface area contributed by atoms with Crippen molar-refractivity contribution < 1.29 is 4.74 Å². The van der Waals surface area contributed by atoms with E-state index in [1.807, 2.05) is 19.2 Å². The van der Waals surface area contributed by atoms with Crippen LogP contribution >= 0.6 is 0 Å². The van der Waals surface area contributed by atoms with Gasteiger partial charge in [0.2, 0.25) is 0 Å². The van der Waals surface area contributed by atoms with Crippen molar-refractivity contribution in [2.75, 3.05) is 19.0 Å². The number of nitrogens with one attached hydrogen (secondary N) is 1. The SMILES string of the molecule is CNc1nc(-c2cccnc2)nc2ccc(-c3ccc4c(c3)CCO4)cc12. The Balaban J connectivity index is 1.63. The van der Waals surface area contributed by atoms with Gasteiger partial charge in [0.15, 0.2) is 5.82 Å². The lowest BCUT2D eigenvalue weighted by Gasteiger charge is -2.10. The van der Waals surface area contributed by atoms with Gasteiger partial charge in [-0.1, -0.05) is 12.1 Å². The van der Waals surface area contributed by atoms with Crippen LogP contribution in [0.15, 0.2) is 60.9 Å². The van der Waals surface area contributed by atoms with E-state index >= 15 is 0 Å². The highest BCUT2D eigenvalue weighted by Gasteiger charge is 2.14. The molecule has 0 atom stereocenters. The Kier molecular flexibility index (Phi) is 3.71. The number of nitrogens with zero attached hydrogens (tertiary/aromatic N) is 3. The minimum Gasteiger partial charge on any atom is -0.493 e. The van der Waals surface area contributed by atoms with Gasteiger partial charge in [0.1, 0.15) is 11.6 Å². The number of benzene rings is 2. The van der Waals surface area contributed by atoms with Gasteiger partial charge >= 0.3 is 0 Å². The summed E-state index contributed by atoms with van der Waals surface area (Å²) in [4.78, 5) is 13.6. The van der Waals surface area contributed by atoms with Crippen LogP contribution in [0, 0.1) is 0 Å². The summed E-state index contributed by atoms with van der Waals surface area (Å²) in [5.41, 5.74) is 5.40. The van der Waals surface area contributed by atoms with E-state index in [0.29, 0.717) is 5.82 Å². The van der Waals surface area contributed by atoms with Gasteiger partial charge in [-0.15, -0.1) is 0 Å². The first-order chi connectivity index (χ1) is 13.3. The van der Waals surface area contributed by atoms with E-state index in [1.54, 1.807) is 12.4 Å². The summed E-state index contributed by atoms with van der Waals surface area (Å²) < 4.78 is 5.62. The van der Waals surface area contributed by atoms with Gasteiger partial charge in [-0.05, 0) is 53.1 Å². The summed E-state index contributed by atoms with van der Waals surface area (Å²) in [7, 11) is 1.88. The van der Waals surface area contributed by atoms with Crippen LogP contribution in [0.25, 0.3) is 33.4 Å². The second kappa shape index (κ2) is 6.36. The monoisotopic (exact) mass is 354 g/mol. The molecule has 3 heterocycles.